The minimum Gasteiger partial charge on any atom is -0.310 e. The van der Waals surface area contributed by atoms with E-state index in [1.165, 1.54) is 97.9 Å². The zero-order chi connectivity index (χ0) is 61.1. The van der Waals surface area contributed by atoms with E-state index in [0.717, 1.165) is 34.1 Å². The van der Waals surface area contributed by atoms with Crippen molar-refractivity contribution < 1.29 is 0 Å². The summed E-state index contributed by atoms with van der Waals surface area (Å²) in [6.45, 7) is 29.4. The van der Waals surface area contributed by atoms with E-state index in [-0.39, 0.29) is 0 Å². The van der Waals surface area contributed by atoms with E-state index in [9.17, 15) is 0 Å². The van der Waals surface area contributed by atoms with Crippen molar-refractivity contribution in [2.45, 2.75) is 89.4 Å². The Kier molecular flexibility index (Phi) is 13.8. The maximum atomic E-state index is 2.66. The molecule has 0 N–H and O–H groups in total. The number of fused-ring (bicyclic) bond motifs is 10. The van der Waals surface area contributed by atoms with Crippen LogP contribution in [0.2, 0.25) is 78.6 Å². The molecule has 0 aliphatic heterocycles. The van der Waals surface area contributed by atoms with Gasteiger partial charge in [-0.1, -0.05) is 306 Å². The van der Waals surface area contributed by atoms with Crippen LogP contribution in [-0.2, 0) is 10.8 Å². The summed E-state index contributed by atoms with van der Waals surface area (Å²) in [5, 5.41) is 10.7. The molecule has 2 nitrogen and oxygen atoms in total. The average molecular weight is 1210 g/mol. The molecule has 2 aliphatic rings. The molecule has 12 aromatic carbocycles. The maximum absolute atomic E-state index is 2.66. The summed E-state index contributed by atoms with van der Waals surface area (Å²) in [6, 6.07) is 105. The molecule has 12 aromatic rings. The Morgan fingerprint density at radius 1 is 0.239 bits per heavy atom. The van der Waals surface area contributed by atoms with Crippen molar-refractivity contribution in [2.24, 2.45) is 0 Å². The Morgan fingerprint density at radius 2 is 0.489 bits per heavy atom. The minimum atomic E-state index is -1.64. The smallest absolute Gasteiger partial charge is 0.0775 e. The van der Waals surface area contributed by atoms with Crippen molar-refractivity contribution in [2.75, 3.05) is 9.80 Å². The first-order valence-electron chi connectivity index (χ1n) is 31.7. The summed E-state index contributed by atoms with van der Waals surface area (Å²) < 4.78 is 0. The molecule has 0 fully saturated rings. The number of benzene rings is 12. The van der Waals surface area contributed by atoms with Crippen molar-refractivity contribution in [3.63, 3.8) is 0 Å². The highest BCUT2D eigenvalue weighted by Crippen LogP contribution is 2.72. The van der Waals surface area contributed by atoms with Gasteiger partial charge >= 0.3 is 0 Å². The lowest BCUT2D eigenvalue weighted by Gasteiger charge is -2.51. The molecule has 434 valence electrons. The fourth-order valence-corrected chi connectivity index (χ4v) is 19.8. The SMILES string of the molecule is C[Si](C)(C)c1ccc(N(c2ccc([Si](C)(C)C)cc2)c2cc3c(c4ccccc24)-c2ccccc2C3(c2ccccc2)C2(c3ccccc3)c3ccccc3-c3c2cc(N(c2ccc([Si](C)(C)C)cc2)c2ccc([Si](C)(C)C)cc2)c2ccccc32)cc1. The van der Waals surface area contributed by atoms with E-state index in [2.05, 4.69) is 355 Å². The number of hydrogen-bond donors (Lipinski definition) is 0. The van der Waals surface area contributed by atoms with E-state index in [4.69, 9.17) is 0 Å². The number of nitrogens with zero attached hydrogens (tertiary/aromatic N) is 2. The van der Waals surface area contributed by atoms with Gasteiger partial charge in [0.2, 0.25) is 0 Å². The zero-order valence-corrected chi connectivity index (χ0v) is 57.3. The number of rotatable bonds is 13. The molecule has 6 heteroatoms. The topological polar surface area (TPSA) is 6.48 Å². The summed E-state index contributed by atoms with van der Waals surface area (Å²) in [6.07, 6.45) is 0. The van der Waals surface area contributed by atoms with Gasteiger partial charge in [-0.25, -0.2) is 0 Å². The average Bonchev–Trinajstić information content (AvgIpc) is 1.45. The van der Waals surface area contributed by atoms with Crippen LogP contribution < -0.4 is 30.5 Å². The van der Waals surface area contributed by atoms with Gasteiger partial charge in [-0.15, -0.1) is 0 Å². The lowest BCUT2D eigenvalue weighted by molar-refractivity contribution is 0.438. The van der Waals surface area contributed by atoms with Crippen LogP contribution in [0.3, 0.4) is 0 Å². The Labute approximate surface area is 526 Å². The lowest BCUT2D eigenvalue weighted by Crippen LogP contribution is -2.50. The highest BCUT2D eigenvalue weighted by atomic mass is 28.3. The first-order valence-corrected chi connectivity index (χ1v) is 45.7. The fraction of sp³-hybridized carbons (Fsp3) is 0.171. The van der Waals surface area contributed by atoms with E-state index in [1.807, 2.05) is 0 Å². The number of anilines is 6. The van der Waals surface area contributed by atoms with E-state index in [0.29, 0.717) is 0 Å². The summed E-state index contributed by atoms with van der Waals surface area (Å²) >= 11 is 0. The summed E-state index contributed by atoms with van der Waals surface area (Å²) in [4.78, 5) is 5.17. The van der Waals surface area contributed by atoms with Gasteiger partial charge < -0.3 is 9.80 Å². The first-order chi connectivity index (χ1) is 42.2. The molecular weight excluding hydrogens is 1130 g/mol. The molecule has 88 heavy (non-hydrogen) atoms. The second kappa shape index (κ2) is 21.2. The first kappa shape index (κ1) is 57.4. The third-order valence-corrected chi connectivity index (χ3v) is 27.7. The molecule has 14 rings (SSSR count). The zero-order valence-electron chi connectivity index (χ0n) is 53.3. The molecule has 0 amide bonds. The largest absolute Gasteiger partial charge is 0.310 e. The van der Waals surface area contributed by atoms with Crippen molar-refractivity contribution in [1.82, 2.24) is 0 Å². The lowest BCUT2D eigenvalue weighted by atomic mass is 9.49. The van der Waals surface area contributed by atoms with Crippen LogP contribution in [0, 0.1) is 0 Å². The predicted octanol–water partition coefficient (Wildman–Crippen LogP) is 20.4. The molecule has 0 spiro atoms. The quantitative estimate of drug-likeness (QED) is 0.106. The summed E-state index contributed by atoms with van der Waals surface area (Å²) in [5.74, 6) is 0. The van der Waals surface area contributed by atoms with Gasteiger partial charge in [-0.05, 0) is 127 Å². The van der Waals surface area contributed by atoms with Crippen LogP contribution in [0.4, 0.5) is 34.1 Å². The van der Waals surface area contributed by atoms with Gasteiger partial charge in [-0.2, -0.15) is 0 Å². The molecule has 0 bridgehead atoms. The van der Waals surface area contributed by atoms with Crippen LogP contribution in [0.5, 0.6) is 0 Å². The third-order valence-electron chi connectivity index (χ3n) is 19.5. The third kappa shape index (κ3) is 9.03. The van der Waals surface area contributed by atoms with Gasteiger partial charge in [0.15, 0.2) is 0 Å². The second-order valence-electron chi connectivity index (χ2n) is 28.9. The Bertz CT molecular complexity index is 4210. The van der Waals surface area contributed by atoms with Crippen molar-refractivity contribution >= 4 is 109 Å². The van der Waals surface area contributed by atoms with Gasteiger partial charge in [0.25, 0.3) is 0 Å². The summed E-state index contributed by atoms with van der Waals surface area (Å²) in [5.41, 5.74) is 17.9. The van der Waals surface area contributed by atoms with E-state index in [1.54, 1.807) is 0 Å². The van der Waals surface area contributed by atoms with Crippen LogP contribution in [-0.4, -0.2) is 32.3 Å². The number of hydrogen-bond acceptors (Lipinski definition) is 2. The molecule has 0 saturated heterocycles. The van der Waals surface area contributed by atoms with Crippen LogP contribution >= 0.6 is 0 Å². The van der Waals surface area contributed by atoms with Gasteiger partial charge in [-0.3, -0.25) is 0 Å². The van der Waals surface area contributed by atoms with Crippen LogP contribution in [0.25, 0.3) is 43.8 Å². The predicted molar refractivity (Wildman–Crippen MR) is 393 cm³/mol. The monoisotopic (exact) mass is 1200 g/mol. The molecule has 0 saturated carbocycles. The second-order valence-corrected chi connectivity index (χ2v) is 49.2. The Morgan fingerprint density at radius 3 is 0.773 bits per heavy atom. The minimum absolute atomic E-state index is 0.890. The molecule has 0 aromatic heterocycles. The van der Waals surface area contributed by atoms with Gasteiger partial charge in [0, 0.05) is 33.5 Å². The molecular formula is C82H80N2Si4. The fourth-order valence-electron chi connectivity index (χ4n) is 15.1. The molecule has 0 heterocycles. The van der Waals surface area contributed by atoms with E-state index < -0.39 is 43.1 Å². The highest BCUT2D eigenvalue weighted by molar-refractivity contribution is 6.90. The Hall–Kier alpha value is -8.37. The maximum Gasteiger partial charge on any atom is 0.0775 e. The molecule has 0 radical (unpaired) electrons. The normalized spacial score (nSPS) is 16.3. The van der Waals surface area contributed by atoms with Crippen LogP contribution in [0.1, 0.15) is 33.4 Å². The molecule has 2 aliphatic carbocycles. The van der Waals surface area contributed by atoms with E-state index >= 15 is 0 Å². The highest BCUT2D eigenvalue weighted by Gasteiger charge is 2.65. The molecule has 2 atom stereocenters. The van der Waals surface area contributed by atoms with Crippen LogP contribution in [0.15, 0.2) is 267 Å². The van der Waals surface area contributed by atoms with Gasteiger partial charge in [0.1, 0.15) is 0 Å². The molecule has 2 unspecified atom stereocenters. The standard InChI is InChI=1S/C82H80N2Si4/c1-85(2,3)63-47-39-59(40-48-63)83(60-41-49-64(50-42-60)86(4,5)6)77-55-75-79(69-33-21-19-31-67(69)77)71-35-23-25-37-73(71)81(75,57-27-15-13-16-28-57)82(58-29-17-14-18-30-58)74-38-26-24-36-72(74)80-70-34-22-20-32-68(70)78(56-76(80)82)84(61-43-51-65(52-44-61)87(7,8)9)62-45-53-66(54-46-62)88(10,11)12/h13-56H,1-12H3. The van der Waals surface area contributed by atoms with Crippen molar-refractivity contribution in [3.05, 3.63) is 300 Å². The summed E-state index contributed by atoms with van der Waals surface area (Å²) in [7, 11) is -6.57. The van der Waals surface area contributed by atoms with Crippen molar-refractivity contribution in [3.8, 4) is 22.3 Å². The Balaban J connectivity index is 1.17. The van der Waals surface area contributed by atoms with Crippen molar-refractivity contribution in [1.29, 1.82) is 0 Å². The van der Waals surface area contributed by atoms with Gasteiger partial charge in [0.05, 0.1) is 54.5 Å².